The number of thioether (sulfide) groups is 1. The topological polar surface area (TPSA) is 125 Å². The van der Waals surface area contributed by atoms with Gasteiger partial charge in [-0.05, 0) is 83.9 Å². The highest BCUT2D eigenvalue weighted by Crippen LogP contribution is 2.37. The van der Waals surface area contributed by atoms with E-state index in [4.69, 9.17) is 11.6 Å². The fraction of sp³-hybridized carbons (Fsp3) is 0.0270. The number of halogens is 2. The maximum absolute atomic E-state index is 13.6. The minimum atomic E-state index is -1.14. The van der Waals surface area contributed by atoms with Gasteiger partial charge in [0.1, 0.15) is 10.9 Å². The SMILES string of the molecule is O=C(Nc1ccc(SC(C(=O)Nc2cc(C(=O)O)ccc2Cl)c2ccccc2)cc1)/C(=C/c1cccc(Br)c1)NC(=O)c1ccccc1. The molecule has 1 atom stereocenters. The number of carboxylic acid groups (broad SMARTS) is 1. The molecule has 0 bridgehead atoms. The second kappa shape index (κ2) is 16.1. The third-order valence-electron chi connectivity index (χ3n) is 6.87. The van der Waals surface area contributed by atoms with Crippen molar-refractivity contribution in [2.45, 2.75) is 10.1 Å². The number of benzene rings is 5. The molecule has 240 valence electrons. The number of carboxylic acids is 1. The van der Waals surface area contributed by atoms with Gasteiger partial charge in [-0.25, -0.2) is 4.79 Å². The van der Waals surface area contributed by atoms with Crippen LogP contribution in [0.3, 0.4) is 0 Å². The molecule has 4 N–H and O–H groups in total. The summed E-state index contributed by atoms with van der Waals surface area (Å²) in [4.78, 5) is 52.2. The Morgan fingerprint density at radius 1 is 0.750 bits per heavy atom. The van der Waals surface area contributed by atoms with Crippen LogP contribution in [-0.2, 0) is 9.59 Å². The Hall–Kier alpha value is -5.16. The molecule has 48 heavy (non-hydrogen) atoms. The van der Waals surface area contributed by atoms with Crippen molar-refractivity contribution in [1.82, 2.24) is 5.32 Å². The minimum Gasteiger partial charge on any atom is -0.478 e. The molecule has 0 fully saturated rings. The Morgan fingerprint density at radius 3 is 2.10 bits per heavy atom. The highest BCUT2D eigenvalue weighted by Gasteiger charge is 2.24. The molecule has 5 aromatic carbocycles. The standard InChI is InChI=1S/C37H27BrClN3O5S/c38-27-13-7-8-23(20-27)21-32(42-34(43)25-11-5-2-6-12-25)35(44)40-28-15-17-29(18-16-28)48-33(24-9-3-1-4-10-24)36(45)41-31-22-26(37(46)47)14-19-30(31)39/h1-22,33H,(H,40,44)(H,41,45)(H,42,43)(H,46,47)/b32-21-. The molecule has 1 unspecified atom stereocenters. The van der Waals surface area contributed by atoms with E-state index >= 15 is 0 Å². The second-order valence-electron chi connectivity index (χ2n) is 10.3. The first kappa shape index (κ1) is 34.2. The molecular weight excluding hydrogens is 714 g/mol. The Morgan fingerprint density at radius 2 is 1.44 bits per heavy atom. The lowest BCUT2D eigenvalue weighted by Gasteiger charge is -2.18. The van der Waals surface area contributed by atoms with Crippen LogP contribution in [0.4, 0.5) is 11.4 Å². The van der Waals surface area contributed by atoms with E-state index in [1.165, 1.54) is 30.0 Å². The van der Waals surface area contributed by atoms with Gasteiger partial charge in [-0.15, -0.1) is 11.8 Å². The number of hydrogen-bond donors (Lipinski definition) is 4. The van der Waals surface area contributed by atoms with Crippen LogP contribution in [0.1, 0.15) is 37.1 Å². The summed E-state index contributed by atoms with van der Waals surface area (Å²) in [6.07, 6.45) is 1.59. The molecule has 0 radical (unpaired) electrons. The molecule has 8 nitrogen and oxygen atoms in total. The number of amides is 3. The Kier molecular flexibility index (Phi) is 11.5. The third kappa shape index (κ3) is 9.22. The van der Waals surface area contributed by atoms with E-state index < -0.39 is 28.9 Å². The van der Waals surface area contributed by atoms with Gasteiger partial charge in [0.15, 0.2) is 0 Å². The van der Waals surface area contributed by atoms with Crippen molar-refractivity contribution in [3.05, 3.63) is 165 Å². The normalized spacial score (nSPS) is 11.7. The molecule has 11 heteroatoms. The predicted octanol–water partition coefficient (Wildman–Crippen LogP) is 8.68. The Bertz CT molecular complexity index is 1990. The van der Waals surface area contributed by atoms with Crippen LogP contribution < -0.4 is 16.0 Å². The number of hydrogen-bond acceptors (Lipinski definition) is 5. The summed E-state index contributed by atoms with van der Waals surface area (Å²) in [6.45, 7) is 0. The van der Waals surface area contributed by atoms with Crippen LogP contribution in [0.25, 0.3) is 6.08 Å². The smallest absolute Gasteiger partial charge is 0.335 e. The van der Waals surface area contributed by atoms with E-state index in [2.05, 4.69) is 31.9 Å². The second-order valence-corrected chi connectivity index (χ2v) is 12.8. The summed E-state index contributed by atoms with van der Waals surface area (Å²) in [7, 11) is 0. The number of anilines is 2. The fourth-order valence-corrected chi connectivity index (χ4v) is 6.12. The van der Waals surface area contributed by atoms with Crippen molar-refractivity contribution in [3.8, 4) is 0 Å². The first-order valence-electron chi connectivity index (χ1n) is 14.5. The van der Waals surface area contributed by atoms with Gasteiger partial charge in [-0.1, -0.05) is 88.2 Å². The van der Waals surface area contributed by atoms with Crippen molar-refractivity contribution in [2.75, 3.05) is 10.6 Å². The maximum Gasteiger partial charge on any atom is 0.335 e. The molecular formula is C37H27BrClN3O5S. The Labute approximate surface area is 294 Å². The number of aromatic carboxylic acids is 1. The number of nitrogens with one attached hydrogen (secondary N) is 3. The van der Waals surface area contributed by atoms with Gasteiger partial charge in [0.25, 0.3) is 11.8 Å². The predicted molar refractivity (Wildman–Crippen MR) is 193 cm³/mol. The van der Waals surface area contributed by atoms with Gasteiger partial charge in [0.2, 0.25) is 5.91 Å². The average molecular weight is 741 g/mol. The fourth-order valence-electron chi connectivity index (χ4n) is 4.51. The minimum absolute atomic E-state index is 0.00878. The van der Waals surface area contributed by atoms with Crippen molar-refractivity contribution < 1.29 is 24.3 Å². The molecule has 5 aromatic rings. The quantitative estimate of drug-likeness (QED) is 0.0794. The summed E-state index contributed by atoms with van der Waals surface area (Å²) >= 11 is 11.0. The van der Waals surface area contributed by atoms with Crippen LogP contribution in [0.2, 0.25) is 5.02 Å². The molecule has 0 heterocycles. The zero-order chi connectivity index (χ0) is 34.0. The van der Waals surface area contributed by atoms with Crippen LogP contribution in [0.5, 0.6) is 0 Å². The van der Waals surface area contributed by atoms with Crippen molar-refractivity contribution in [2.24, 2.45) is 0 Å². The van der Waals surface area contributed by atoms with Gasteiger partial charge in [-0.3, -0.25) is 14.4 Å². The highest BCUT2D eigenvalue weighted by molar-refractivity contribution is 9.10. The lowest BCUT2D eigenvalue weighted by atomic mass is 10.1. The van der Waals surface area contributed by atoms with E-state index in [0.717, 1.165) is 14.9 Å². The molecule has 0 aliphatic rings. The first-order valence-corrected chi connectivity index (χ1v) is 16.5. The highest BCUT2D eigenvalue weighted by atomic mass is 79.9. The largest absolute Gasteiger partial charge is 0.478 e. The zero-order valence-corrected chi connectivity index (χ0v) is 28.2. The van der Waals surface area contributed by atoms with Crippen LogP contribution in [0, 0.1) is 0 Å². The van der Waals surface area contributed by atoms with Crippen LogP contribution >= 0.6 is 39.3 Å². The number of carbonyl (C=O) groups excluding carboxylic acids is 3. The maximum atomic E-state index is 13.6. The van der Waals surface area contributed by atoms with E-state index in [1.54, 1.807) is 60.7 Å². The van der Waals surface area contributed by atoms with Gasteiger partial charge < -0.3 is 21.1 Å². The van der Waals surface area contributed by atoms with Gasteiger partial charge in [0, 0.05) is 20.6 Å². The summed E-state index contributed by atoms with van der Waals surface area (Å²) in [5.74, 6) is -2.50. The lowest BCUT2D eigenvalue weighted by Crippen LogP contribution is -2.30. The average Bonchev–Trinajstić information content (AvgIpc) is 3.09. The number of carbonyl (C=O) groups is 4. The monoisotopic (exact) mass is 739 g/mol. The van der Waals surface area contributed by atoms with Gasteiger partial charge in [0.05, 0.1) is 16.3 Å². The molecule has 0 aromatic heterocycles. The van der Waals surface area contributed by atoms with Gasteiger partial charge in [-0.2, -0.15) is 0 Å². The molecule has 0 saturated carbocycles. The molecule has 0 saturated heterocycles. The molecule has 0 spiro atoms. The number of rotatable bonds is 11. The van der Waals surface area contributed by atoms with Crippen LogP contribution in [0.15, 0.2) is 142 Å². The van der Waals surface area contributed by atoms with E-state index in [0.29, 0.717) is 16.8 Å². The zero-order valence-electron chi connectivity index (χ0n) is 25.0. The first-order chi connectivity index (χ1) is 23.2. The van der Waals surface area contributed by atoms with E-state index in [1.807, 2.05) is 54.6 Å². The Balaban J connectivity index is 1.34. The third-order valence-corrected chi connectivity index (χ3v) is 8.96. The molecule has 3 amide bonds. The molecule has 0 aliphatic heterocycles. The van der Waals surface area contributed by atoms with E-state index in [9.17, 15) is 24.3 Å². The van der Waals surface area contributed by atoms with E-state index in [-0.39, 0.29) is 22.0 Å². The molecule has 0 aliphatic carbocycles. The van der Waals surface area contributed by atoms with Crippen molar-refractivity contribution >= 4 is 80.4 Å². The lowest BCUT2D eigenvalue weighted by molar-refractivity contribution is -0.116. The summed E-state index contributed by atoms with van der Waals surface area (Å²) in [5, 5.41) is 17.2. The van der Waals surface area contributed by atoms with Crippen molar-refractivity contribution in [3.63, 3.8) is 0 Å². The summed E-state index contributed by atoms with van der Waals surface area (Å²) in [6, 6.07) is 36.1. The van der Waals surface area contributed by atoms with Gasteiger partial charge >= 0.3 is 5.97 Å². The van der Waals surface area contributed by atoms with Crippen LogP contribution in [-0.4, -0.2) is 28.8 Å². The summed E-state index contributed by atoms with van der Waals surface area (Å²) < 4.78 is 0.817. The summed E-state index contributed by atoms with van der Waals surface area (Å²) in [5.41, 5.74) is 2.52. The van der Waals surface area contributed by atoms with Crippen molar-refractivity contribution in [1.29, 1.82) is 0 Å². The molecule has 5 rings (SSSR count).